The number of hydrogen-bond donors (Lipinski definition) is 0. The van der Waals surface area contributed by atoms with Gasteiger partial charge >= 0.3 is 0 Å². The summed E-state index contributed by atoms with van der Waals surface area (Å²) in [5.74, 6) is 0.373. The van der Waals surface area contributed by atoms with Crippen LogP contribution in [0.3, 0.4) is 0 Å². The normalized spacial score (nSPS) is 13.0. The molecule has 0 N–H and O–H groups in total. The predicted molar refractivity (Wildman–Crippen MR) is 69.6 cm³/mol. The van der Waals surface area contributed by atoms with E-state index in [1.807, 2.05) is 11.5 Å². The molecule has 1 aromatic carbocycles. The Hall–Kier alpha value is -1.88. The van der Waals surface area contributed by atoms with Crippen molar-refractivity contribution in [3.8, 4) is 0 Å². The predicted octanol–water partition coefficient (Wildman–Crippen LogP) is 3.51. The molecule has 0 aliphatic rings. The Morgan fingerprint density at radius 3 is 2.95 bits per heavy atom. The highest BCUT2D eigenvalue weighted by Gasteiger charge is 2.16. The summed E-state index contributed by atoms with van der Waals surface area (Å²) in [6.45, 7) is 2.32. The third kappa shape index (κ3) is 2.21. The Labute approximate surface area is 113 Å². The first-order valence-electron chi connectivity index (χ1n) is 5.84. The van der Waals surface area contributed by atoms with Crippen molar-refractivity contribution in [2.75, 3.05) is 0 Å². The van der Waals surface area contributed by atoms with Gasteiger partial charge in [0.2, 0.25) is 0 Å². The number of benzene rings is 1. The first-order valence-corrected chi connectivity index (χ1v) is 6.28. The number of imidazole rings is 1. The molecule has 0 aliphatic heterocycles. The molecule has 2 heterocycles. The van der Waals surface area contributed by atoms with Gasteiger partial charge in [-0.3, -0.25) is 0 Å². The topological polar surface area (TPSA) is 43.9 Å². The van der Waals surface area contributed by atoms with Crippen LogP contribution in [-0.4, -0.2) is 14.7 Å². The molecule has 0 saturated heterocycles. The molecule has 0 amide bonds. The van der Waals surface area contributed by atoms with E-state index in [9.17, 15) is 4.39 Å². The number of rotatable bonds is 3. The van der Waals surface area contributed by atoms with Crippen molar-refractivity contribution in [1.29, 1.82) is 0 Å². The lowest BCUT2D eigenvalue weighted by Gasteiger charge is -2.08. The van der Waals surface area contributed by atoms with E-state index in [1.165, 1.54) is 18.4 Å². The highest BCUT2D eigenvalue weighted by molar-refractivity contribution is 6.20. The second-order valence-corrected chi connectivity index (χ2v) is 4.95. The van der Waals surface area contributed by atoms with E-state index in [-0.39, 0.29) is 11.2 Å². The molecule has 0 bridgehead atoms. The Kier molecular flexibility index (Phi) is 2.98. The van der Waals surface area contributed by atoms with E-state index in [1.54, 1.807) is 12.1 Å². The summed E-state index contributed by atoms with van der Waals surface area (Å²) >= 11 is 6.14. The minimum absolute atomic E-state index is 0.276. The Morgan fingerprint density at radius 2 is 2.26 bits per heavy atom. The van der Waals surface area contributed by atoms with Gasteiger partial charge in [0.25, 0.3) is 0 Å². The standard InChI is InChI=1S/C13H11ClFN3O/c1-8(14)13-16-11-6-9(15)2-3-12(11)18(13)7-10-4-5-19-17-10/h2-6,8H,7H2,1H3. The molecule has 0 spiro atoms. The van der Waals surface area contributed by atoms with Crippen LogP contribution >= 0.6 is 11.6 Å². The van der Waals surface area contributed by atoms with Crippen molar-refractivity contribution in [2.24, 2.45) is 0 Å². The Bertz CT molecular complexity index is 706. The highest BCUT2D eigenvalue weighted by atomic mass is 35.5. The minimum atomic E-state index is -0.313. The molecule has 98 valence electrons. The number of hydrogen-bond acceptors (Lipinski definition) is 3. The largest absolute Gasteiger partial charge is 0.364 e. The summed E-state index contributed by atoms with van der Waals surface area (Å²) in [7, 11) is 0. The Morgan fingerprint density at radius 1 is 1.42 bits per heavy atom. The van der Waals surface area contributed by atoms with Crippen LogP contribution in [0.2, 0.25) is 0 Å². The second kappa shape index (κ2) is 4.66. The molecule has 4 nitrogen and oxygen atoms in total. The number of alkyl halides is 1. The lowest BCUT2D eigenvalue weighted by Crippen LogP contribution is -2.05. The lowest BCUT2D eigenvalue weighted by molar-refractivity contribution is 0.409. The third-order valence-electron chi connectivity index (χ3n) is 2.91. The van der Waals surface area contributed by atoms with Gasteiger partial charge in [0.15, 0.2) is 0 Å². The first kappa shape index (κ1) is 12.2. The van der Waals surface area contributed by atoms with Crippen molar-refractivity contribution in [1.82, 2.24) is 14.7 Å². The van der Waals surface area contributed by atoms with Crippen LogP contribution < -0.4 is 0 Å². The van der Waals surface area contributed by atoms with E-state index in [0.29, 0.717) is 17.9 Å². The van der Waals surface area contributed by atoms with Gasteiger partial charge in [0.05, 0.1) is 23.0 Å². The van der Waals surface area contributed by atoms with Gasteiger partial charge in [0, 0.05) is 12.1 Å². The number of halogens is 2. The van der Waals surface area contributed by atoms with Crippen LogP contribution in [0.15, 0.2) is 35.1 Å². The molecular formula is C13H11ClFN3O. The molecule has 0 saturated carbocycles. The molecule has 6 heteroatoms. The summed E-state index contributed by atoms with van der Waals surface area (Å²) in [5.41, 5.74) is 2.18. The summed E-state index contributed by atoms with van der Waals surface area (Å²) in [6.07, 6.45) is 1.51. The van der Waals surface area contributed by atoms with Gasteiger partial charge in [-0.1, -0.05) is 5.16 Å². The number of fused-ring (bicyclic) bond motifs is 1. The minimum Gasteiger partial charge on any atom is -0.364 e. The molecule has 1 unspecified atom stereocenters. The van der Waals surface area contributed by atoms with Gasteiger partial charge in [-0.25, -0.2) is 9.37 Å². The quantitative estimate of drug-likeness (QED) is 0.689. The maximum absolute atomic E-state index is 13.2. The van der Waals surface area contributed by atoms with Gasteiger partial charge in [-0.15, -0.1) is 11.6 Å². The van der Waals surface area contributed by atoms with Crippen LogP contribution in [0.4, 0.5) is 4.39 Å². The van der Waals surface area contributed by atoms with Crippen LogP contribution in [0.5, 0.6) is 0 Å². The van der Waals surface area contributed by atoms with Crippen LogP contribution in [0, 0.1) is 5.82 Å². The maximum Gasteiger partial charge on any atom is 0.128 e. The summed E-state index contributed by atoms with van der Waals surface area (Å²) in [4.78, 5) is 4.39. The molecule has 2 aromatic heterocycles. The van der Waals surface area contributed by atoms with E-state index >= 15 is 0 Å². The van der Waals surface area contributed by atoms with Crippen LogP contribution in [0.25, 0.3) is 11.0 Å². The average Bonchev–Trinajstić information content (AvgIpc) is 2.97. The molecule has 19 heavy (non-hydrogen) atoms. The second-order valence-electron chi connectivity index (χ2n) is 4.30. The van der Waals surface area contributed by atoms with E-state index < -0.39 is 0 Å². The van der Waals surface area contributed by atoms with Crippen LogP contribution in [-0.2, 0) is 6.54 Å². The molecule has 0 fully saturated rings. The fourth-order valence-electron chi connectivity index (χ4n) is 2.07. The molecule has 1 atom stereocenters. The summed E-state index contributed by atoms with van der Waals surface area (Å²) in [5, 5.41) is 3.60. The zero-order valence-electron chi connectivity index (χ0n) is 10.2. The maximum atomic E-state index is 13.2. The van der Waals surface area contributed by atoms with E-state index in [4.69, 9.17) is 16.1 Å². The SMILES string of the molecule is CC(Cl)c1nc2cc(F)ccc2n1Cc1ccon1. The smallest absolute Gasteiger partial charge is 0.128 e. The average molecular weight is 280 g/mol. The number of aromatic nitrogens is 3. The molecular weight excluding hydrogens is 269 g/mol. The molecule has 0 radical (unpaired) electrons. The van der Waals surface area contributed by atoms with Gasteiger partial charge in [-0.2, -0.15) is 0 Å². The van der Waals surface area contributed by atoms with Crippen molar-refractivity contribution >= 4 is 22.6 Å². The van der Waals surface area contributed by atoms with Gasteiger partial charge < -0.3 is 9.09 Å². The first-order chi connectivity index (χ1) is 9.15. The summed E-state index contributed by atoms with van der Waals surface area (Å²) in [6, 6.07) is 6.28. The third-order valence-corrected chi connectivity index (χ3v) is 3.10. The molecule has 3 aromatic rings. The molecule has 3 rings (SSSR count). The van der Waals surface area contributed by atoms with Crippen LogP contribution in [0.1, 0.15) is 23.8 Å². The zero-order valence-corrected chi connectivity index (χ0v) is 10.9. The van der Waals surface area contributed by atoms with E-state index in [0.717, 1.165) is 11.2 Å². The monoisotopic (exact) mass is 279 g/mol. The van der Waals surface area contributed by atoms with E-state index in [2.05, 4.69) is 10.1 Å². The lowest BCUT2D eigenvalue weighted by atomic mass is 10.3. The van der Waals surface area contributed by atoms with Crippen molar-refractivity contribution in [3.05, 3.63) is 47.9 Å². The molecule has 0 aliphatic carbocycles. The summed E-state index contributed by atoms with van der Waals surface area (Å²) < 4.78 is 20.0. The fraction of sp³-hybridized carbons (Fsp3) is 0.231. The zero-order chi connectivity index (χ0) is 13.4. The van der Waals surface area contributed by atoms with Crippen molar-refractivity contribution in [2.45, 2.75) is 18.8 Å². The number of nitrogens with zero attached hydrogens (tertiary/aromatic N) is 3. The Balaban J connectivity index is 2.16. The fourth-order valence-corrected chi connectivity index (χ4v) is 2.24. The van der Waals surface area contributed by atoms with Gasteiger partial charge in [-0.05, 0) is 19.1 Å². The van der Waals surface area contributed by atoms with Crippen molar-refractivity contribution < 1.29 is 8.91 Å². The van der Waals surface area contributed by atoms with Gasteiger partial charge in [0.1, 0.15) is 23.6 Å². The highest BCUT2D eigenvalue weighted by Crippen LogP contribution is 2.25. The van der Waals surface area contributed by atoms with Crippen molar-refractivity contribution in [3.63, 3.8) is 0 Å².